The van der Waals surface area contributed by atoms with Crippen LogP contribution in [0.2, 0.25) is 0 Å². The average molecular weight is 428 g/mol. The van der Waals surface area contributed by atoms with Gasteiger partial charge in [-0.15, -0.1) is 0 Å². The summed E-state index contributed by atoms with van der Waals surface area (Å²) in [6, 6.07) is 0.590. The first-order valence-electron chi connectivity index (χ1n) is 10.7. The molecule has 0 radical (unpaired) electrons. The average Bonchev–Trinajstić information content (AvgIpc) is 3.39. The molecule has 3 rings (SSSR count). The molecule has 3 fully saturated rings. The zero-order chi connectivity index (χ0) is 21.7. The Balaban J connectivity index is 1.42. The highest BCUT2D eigenvalue weighted by molar-refractivity contribution is 5.74. The van der Waals surface area contributed by atoms with E-state index in [9.17, 15) is 18.0 Å². The van der Waals surface area contributed by atoms with E-state index in [-0.39, 0.29) is 12.1 Å². The molecule has 1 aliphatic carbocycles. The third-order valence-corrected chi connectivity index (χ3v) is 6.33. The smallest absolute Gasteiger partial charge is 0.404 e. The summed E-state index contributed by atoms with van der Waals surface area (Å²) in [5, 5.41) is 3.07. The zero-order valence-corrected chi connectivity index (χ0v) is 17.3. The van der Waals surface area contributed by atoms with Gasteiger partial charge in [-0.1, -0.05) is 19.4 Å². The van der Waals surface area contributed by atoms with Crippen LogP contribution in [0.1, 0.15) is 32.1 Å². The Hall–Kier alpha value is -2.16. The fourth-order valence-electron chi connectivity index (χ4n) is 4.50. The normalized spacial score (nSPS) is 24.8. The molecule has 1 atom stereocenters. The lowest BCUT2D eigenvalue weighted by atomic mass is 10.2. The molecule has 1 unspecified atom stereocenters. The van der Waals surface area contributed by atoms with Crippen LogP contribution in [0.5, 0.6) is 0 Å². The molecule has 3 N–H and O–H groups in total. The lowest BCUT2D eigenvalue weighted by molar-refractivity contribution is -0.0883. The SMILES string of the molecule is C=C(/C=C\C(=C/N)C(F)(F)F)N1CCC(NC(=O)N2CCN(C3CCCC3)CC2)C1. The van der Waals surface area contributed by atoms with Crippen LogP contribution in [0.25, 0.3) is 0 Å². The molecule has 0 aromatic carbocycles. The predicted octanol–water partition coefficient (Wildman–Crippen LogP) is 2.81. The van der Waals surface area contributed by atoms with Crippen molar-refractivity contribution in [3.63, 3.8) is 0 Å². The van der Waals surface area contributed by atoms with Crippen molar-refractivity contribution in [3.8, 4) is 0 Å². The first-order chi connectivity index (χ1) is 14.3. The molecular weight excluding hydrogens is 395 g/mol. The second-order valence-corrected chi connectivity index (χ2v) is 8.29. The van der Waals surface area contributed by atoms with Gasteiger partial charge in [-0.25, -0.2) is 4.79 Å². The Morgan fingerprint density at radius 3 is 2.27 bits per heavy atom. The number of rotatable bonds is 5. The molecule has 2 heterocycles. The highest BCUT2D eigenvalue weighted by atomic mass is 19.4. The molecule has 0 aromatic rings. The number of hydrogen-bond acceptors (Lipinski definition) is 4. The minimum Gasteiger partial charge on any atom is -0.404 e. The summed E-state index contributed by atoms with van der Waals surface area (Å²) in [6.45, 7) is 8.34. The quantitative estimate of drug-likeness (QED) is 0.663. The summed E-state index contributed by atoms with van der Waals surface area (Å²) in [6.07, 6.45) is 4.20. The summed E-state index contributed by atoms with van der Waals surface area (Å²) in [5.74, 6) is 0. The van der Waals surface area contributed by atoms with Gasteiger partial charge in [0.1, 0.15) is 0 Å². The third-order valence-electron chi connectivity index (χ3n) is 6.33. The van der Waals surface area contributed by atoms with E-state index < -0.39 is 11.7 Å². The van der Waals surface area contributed by atoms with Gasteiger partial charge in [0.2, 0.25) is 0 Å². The van der Waals surface area contributed by atoms with Crippen molar-refractivity contribution in [1.82, 2.24) is 20.0 Å². The molecule has 3 aliphatic rings. The van der Waals surface area contributed by atoms with Gasteiger partial charge < -0.3 is 20.9 Å². The highest BCUT2D eigenvalue weighted by Crippen LogP contribution is 2.27. The number of likely N-dealkylation sites (tertiary alicyclic amines) is 1. The van der Waals surface area contributed by atoms with E-state index in [0.717, 1.165) is 38.7 Å². The molecule has 0 aromatic heterocycles. The zero-order valence-electron chi connectivity index (χ0n) is 17.3. The molecule has 2 saturated heterocycles. The standard InChI is InChI=1S/C21H32F3N5O/c1-16(6-7-17(14-25)21(22,23)24)29-9-8-18(15-29)26-20(30)28-12-10-27(11-13-28)19-4-2-3-5-19/h6-7,14,18-19H,1-5,8-13,15,25H2,(H,26,30)/b7-6-,17-14+. The topological polar surface area (TPSA) is 64.8 Å². The van der Waals surface area contributed by atoms with E-state index in [1.165, 1.54) is 31.8 Å². The van der Waals surface area contributed by atoms with Crippen molar-refractivity contribution < 1.29 is 18.0 Å². The lowest BCUT2D eigenvalue weighted by Gasteiger charge is -2.38. The summed E-state index contributed by atoms with van der Waals surface area (Å²) in [4.78, 5) is 18.9. The predicted molar refractivity (Wildman–Crippen MR) is 111 cm³/mol. The number of nitrogens with two attached hydrogens (primary N) is 1. The van der Waals surface area contributed by atoms with Crippen LogP contribution >= 0.6 is 0 Å². The second-order valence-electron chi connectivity index (χ2n) is 8.29. The van der Waals surface area contributed by atoms with E-state index in [4.69, 9.17) is 5.73 Å². The molecule has 0 bridgehead atoms. The third kappa shape index (κ3) is 5.71. The molecule has 2 amide bonds. The summed E-state index contributed by atoms with van der Waals surface area (Å²) in [5.41, 5.74) is 4.62. The van der Waals surface area contributed by atoms with Gasteiger partial charge in [-0.05, 0) is 31.4 Å². The summed E-state index contributed by atoms with van der Waals surface area (Å²) >= 11 is 0. The number of urea groups is 1. The number of nitrogens with one attached hydrogen (secondary N) is 1. The van der Waals surface area contributed by atoms with Gasteiger partial charge in [0.05, 0.1) is 5.57 Å². The number of nitrogens with zero attached hydrogens (tertiary/aromatic N) is 3. The minimum absolute atomic E-state index is 0.0392. The van der Waals surface area contributed by atoms with Crippen LogP contribution in [0.15, 0.2) is 36.2 Å². The number of carbonyl (C=O) groups excluding carboxylic acids is 1. The summed E-state index contributed by atoms with van der Waals surface area (Å²) < 4.78 is 38.2. The van der Waals surface area contributed by atoms with Gasteiger partial charge >= 0.3 is 12.2 Å². The Morgan fingerprint density at radius 2 is 1.67 bits per heavy atom. The monoisotopic (exact) mass is 427 g/mol. The van der Waals surface area contributed by atoms with E-state index in [0.29, 0.717) is 31.0 Å². The van der Waals surface area contributed by atoms with Gasteiger partial charge in [0.15, 0.2) is 0 Å². The number of halogens is 3. The van der Waals surface area contributed by atoms with Gasteiger partial charge in [0.25, 0.3) is 0 Å². The van der Waals surface area contributed by atoms with Crippen LogP contribution in [0.4, 0.5) is 18.0 Å². The van der Waals surface area contributed by atoms with Crippen molar-refractivity contribution >= 4 is 6.03 Å². The van der Waals surface area contributed by atoms with E-state index in [1.807, 2.05) is 9.80 Å². The highest BCUT2D eigenvalue weighted by Gasteiger charge is 2.32. The Bertz CT molecular complexity index is 677. The number of piperazine rings is 1. The van der Waals surface area contributed by atoms with Crippen LogP contribution in [0.3, 0.4) is 0 Å². The molecule has 168 valence electrons. The molecule has 6 nitrogen and oxygen atoms in total. The Morgan fingerprint density at radius 1 is 1.00 bits per heavy atom. The minimum atomic E-state index is -4.49. The molecule has 0 spiro atoms. The number of amides is 2. The second kappa shape index (κ2) is 9.76. The Kier molecular flexibility index (Phi) is 7.33. The first kappa shape index (κ1) is 22.5. The van der Waals surface area contributed by atoms with Crippen molar-refractivity contribution in [2.45, 2.75) is 50.4 Å². The van der Waals surface area contributed by atoms with E-state index in [2.05, 4.69) is 16.8 Å². The van der Waals surface area contributed by atoms with Gasteiger partial charge in [0, 0.05) is 63.2 Å². The maximum absolute atomic E-state index is 12.7. The Labute approximate surface area is 176 Å². The number of alkyl halides is 3. The first-order valence-corrected chi connectivity index (χ1v) is 10.7. The largest absolute Gasteiger partial charge is 0.417 e. The molecule has 1 saturated carbocycles. The van der Waals surface area contributed by atoms with Crippen molar-refractivity contribution in [2.24, 2.45) is 5.73 Å². The van der Waals surface area contributed by atoms with Crippen molar-refractivity contribution in [2.75, 3.05) is 39.3 Å². The molecule has 9 heteroatoms. The number of allylic oxidation sites excluding steroid dienone is 3. The van der Waals surface area contributed by atoms with E-state index in [1.54, 1.807) is 0 Å². The number of hydrogen-bond donors (Lipinski definition) is 2. The number of carbonyl (C=O) groups is 1. The molecular formula is C21H32F3N5O. The van der Waals surface area contributed by atoms with Crippen LogP contribution < -0.4 is 11.1 Å². The fraction of sp³-hybridized carbons (Fsp3) is 0.667. The lowest BCUT2D eigenvalue weighted by Crippen LogP contribution is -2.55. The van der Waals surface area contributed by atoms with Gasteiger partial charge in [-0.3, -0.25) is 4.90 Å². The summed E-state index contributed by atoms with van der Waals surface area (Å²) in [7, 11) is 0. The maximum Gasteiger partial charge on any atom is 0.417 e. The molecule has 30 heavy (non-hydrogen) atoms. The van der Waals surface area contributed by atoms with Gasteiger partial charge in [-0.2, -0.15) is 13.2 Å². The van der Waals surface area contributed by atoms with Crippen LogP contribution in [-0.2, 0) is 0 Å². The van der Waals surface area contributed by atoms with Crippen LogP contribution in [0, 0.1) is 0 Å². The fourth-order valence-corrected chi connectivity index (χ4v) is 4.50. The van der Waals surface area contributed by atoms with Crippen molar-refractivity contribution in [3.05, 3.63) is 36.2 Å². The van der Waals surface area contributed by atoms with E-state index >= 15 is 0 Å². The van der Waals surface area contributed by atoms with Crippen LogP contribution in [-0.4, -0.2) is 78.3 Å². The molecule has 2 aliphatic heterocycles. The maximum atomic E-state index is 12.7. The van der Waals surface area contributed by atoms with Crippen molar-refractivity contribution in [1.29, 1.82) is 0 Å².